The van der Waals surface area contributed by atoms with Gasteiger partial charge >= 0.3 is 11.9 Å². The van der Waals surface area contributed by atoms with Crippen molar-refractivity contribution in [3.63, 3.8) is 0 Å². The fourth-order valence-corrected chi connectivity index (χ4v) is 3.77. The molecule has 9 heteroatoms. The fourth-order valence-electron chi connectivity index (χ4n) is 3.77. The van der Waals surface area contributed by atoms with Crippen LogP contribution in [0.4, 0.5) is 11.4 Å². The highest BCUT2D eigenvalue weighted by atomic mass is 16.4. The summed E-state index contributed by atoms with van der Waals surface area (Å²) < 4.78 is 0. The molecule has 0 aromatic heterocycles. The van der Waals surface area contributed by atoms with E-state index in [-0.39, 0.29) is 31.7 Å². The normalized spacial score (nSPS) is 20.0. The van der Waals surface area contributed by atoms with E-state index < -0.39 is 29.8 Å². The fraction of sp³-hybridized carbons (Fsp3) is 0.500. The van der Waals surface area contributed by atoms with E-state index in [1.807, 2.05) is 24.3 Å². The van der Waals surface area contributed by atoms with Gasteiger partial charge < -0.3 is 25.3 Å². The third-order valence-corrected chi connectivity index (χ3v) is 5.39. The Balaban J connectivity index is 1.60. The summed E-state index contributed by atoms with van der Waals surface area (Å²) >= 11 is 0. The van der Waals surface area contributed by atoms with Crippen molar-refractivity contribution in [2.45, 2.75) is 38.1 Å². The number of nitrogens with one attached hydrogen (secondary N) is 1. The molecule has 2 aliphatic heterocycles. The van der Waals surface area contributed by atoms with E-state index in [0.29, 0.717) is 5.69 Å². The summed E-state index contributed by atoms with van der Waals surface area (Å²) in [6.07, 6.45) is 1.76. The third kappa shape index (κ3) is 5.04. The van der Waals surface area contributed by atoms with Crippen LogP contribution in [0.3, 0.4) is 0 Å². The van der Waals surface area contributed by atoms with Crippen molar-refractivity contribution >= 4 is 35.1 Å². The summed E-state index contributed by atoms with van der Waals surface area (Å²) in [5.74, 6) is -3.85. The molecule has 29 heavy (non-hydrogen) atoms. The van der Waals surface area contributed by atoms with Crippen molar-refractivity contribution in [1.82, 2.24) is 5.32 Å². The minimum atomic E-state index is -1.29. The smallest absolute Gasteiger partial charge is 0.326 e. The maximum Gasteiger partial charge on any atom is 0.326 e. The topological polar surface area (TPSA) is 127 Å². The van der Waals surface area contributed by atoms with Crippen molar-refractivity contribution in [2.75, 3.05) is 29.4 Å². The van der Waals surface area contributed by atoms with Gasteiger partial charge in [0.25, 0.3) is 0 Å². The number of hydrogen-bond acceptors (Lipinski definition) is 5. The van der Waals surface area contributed by atoms with Crippen LogP contribution in [0.2, 0.25) is 0 Å². The van der Waals surface area contributed by atoms with Crippen LogP contribution in [-0.2, 0) is 19.2 Å². The van der Waals surface area contributed by atoms with Gasteiger partial charge in [-0.25, -0.2) is 4.79 Å². The summed E-state index contributed by atoms with van der Waals surface area (Å²) in [4.78, 5) is 50.6. The summed E-state index contributed by atoms with van der Waals surface area (Å²) in [7, 11) is 0. The number of carbonyl (C=O) groups is 4. The van der Waals surface area contributed by atoms with Gasteiger partial charge in [-0.1, -0.05) is 0 Å². The van der Waals surface area contributed by atoms with E-state index in [0.717, 1.165) is 18.8 Å². The predicted molar refractivity (Wildman–Crippen MR) is 105 cm³/mol. The minimum absolute atomic E-state index is 0.00895. The van der Waals surface area contributed by atoms with Crippen molar-refractivity contribution < 1.29 is 29.4 Å². The lowest BCUT2D eigenvalue weighted by Gasteiger charge is -2.21. The van der Waals surface area contributed by atoms with Crippen LogP contribution in [0.5, 0.6) is 0 Å². The van der Waals surface area contributed by atoms with E-state index in [1.165, 1.54) is 17.7 Å². The van der Waals surface area contributed by atoms with Gasteiger partial charge in [-0.15, -0.1) is 0 Å². The zero-order valence-corrected chi connectivity index (χ0v) is 16.0. The van der Waals surface area contributed by atoms with E-state index in [1.54, 1.807) is 0 Å². The summed E-state index contributed by atoms with van der Waals surface area (Å²) in [5, 5.41) is 20.3. The lowest BCUT2D eigenvalue weighted by molar-refractivity contribution is -0.143. The van der Waals surface area contributed by atoms with E-state index >= 15 is 0 Å². The van der Waals surface area contributed by atoms with Crippen molar-refractivity contribution in [1.29, 1.82) is 0 Å². The number of aliphatic carboxylic acids is 2. The molecule has 2 saturated heterocycles. The molecule has 9 nitrogen and oxygen atoms in total. The molecule has 2 heterocycles. The predicted octanol–water partition coefficient (Wildman–Crippen LogP) is 1.07. The molecular formula is C20H25N3O6. The number of nitrogens with zero attached hydrogens (tertiary/aromatic N) is 2. The van der Waals surface area contributed by atoms with Crippen LogP contribution in [0.25, 0.3) is 0 Å². The Kier molecular flexibility index (Phi) is 6.36. The number of anilines is 2. The van der Waals surface area contributed by atoms with Gasteiger partial charge in [-0.05, 0) is 43.5 Å². The standard InChI is InChI=1S/C20H25N3O6/c24-17-11-13(19(27)21-16(20(28)29)7-8-18(25)26)12-23(17)15-5-3-14(4-6-15)22-9-1-2-10-22/h3-6,13,16H,1-2,7-12H2,(H,21,27)(H,25,26)(H,28,29)/t13?,16-/m0/s1. The second-order valence-corrected chi connectivity index (χ2v) is 7.45. The molecule has 1 aromatic rings. The Morgan fingerprint density at radius 2 is 1.69 bits per heavy atom. The van der Waals surface area contributed by atoms with Gasteiger partial charge in [0.05, 0.1) is 5.92 Å². The lowest BCUT2D eigenvalue weighted by atomic mass is 10.1. The summed E-state index contributed by atoms with van der Waals surface area (Å²) in [6, 6.07) is 6.36. The molecule has 0 spiro atoms. The number of carboxylic acids is 2. The molecular weight excluding hydrogens is 378 g/mol. The monoisotopic (exact) mass is 403 g/mol. The Labute approximate surface area is 168 Å². The average Bonchev–Trinajstić information content (AvgIpc) is 3.34. The van der Waals surface area contributed by atoms with E-state index in [2.05, 4.69) is 10.2 Å². The molecule has 2 atom stereocenters. The highest BCUT2D eigenvalue weighted by Gasteiger charge is 2.36. The molecule has 1 aromatic carbocycles. The largest absolute Gasteiger partial charge is 0.481 e. The average molecular weight is 403 g/mol. The molecule has 0 aliphatic carbocycles. The quantitative estimate of drug-likeness (QED) is 0.592. The molecule has 2 aliphatic rings. The van der Waals surface area contributed by atoms with Gasteiger partial charge in [-0.3, -0.25) is 14.4 Å². The SMILES string of the molecule is O=C(O)CC[C@H](NC(=O)C1CC(=O)N(c2ccc(N3CCCC3)cc2)C1)C(=O)O. The lowest BCUT2D eigenvalue weighted by Crippen LogP contribution is -2.44. The second-order valence-electron chi connectivity index (χ2n) is 7.45. The van der Waals surface area contributed by atoms with Crippen LogP contribution in [-0.4, -0.2) is 59.6 Å². The first-order valence-corrected chi connectivity index (χ1v) is 9.75. The third-order valence-electron chi connectivity index (χ3n) is 5.39. The van der Waals surface area contributed by atoms with Crippen LogP contribution >= 0.6 is 0 Å². The zero-order chi connectivity index (χ0) is 21.0. The minimum Gasteiger partial charge on any atom is -0.481 e. The number of carbonyl (C=O) groups excluding carboxylic acids is 2. The first-order chi connectivity index (χ1) is 13.8. The van der Waals surface area contributed by atoms with Crippen LogP contribution in [0, 0.1) is 5.92 Å². The van der Waals surface area contributed by atoms with Crippen LogP contribution in [0.1, 0.15) is 32.1 Å². The molecule has 0 radical (unpaired) electrons. The van der Waals surface area contributed by atoms with Crippen molar-refractivity contribution in [2.24, 2.45) is 5.92 Å². The van der Waals surface area contributed by atoms with Gasteiger partial charge in [0.2, 0.25) is 11.8 Å². The first-order valence-electron chi connectivity index (χ1n) is 9.75. The van der Waals surface area contributed by atoms with Crippen LogP contribution < -0.4 is 15.1 Å². The Hall–Kier alpha value is -3.10. The summed E-state index contributed by atoms with van der Waals surface area (Å²) in [6.45, 7) is 2.21. The van der Waals surface area contributed by atoms with Gasteiger partial charge in [-0.2, -0.15) is 0 Å². The second kappa shape index (κ2) is 8.93. The molecule has 3 N–H and O–H groups in total. The molecule has 0 saturated carbocycles. The Morgan fingerprint density at radius 1 is 1.07 bits per heavy atom. The number of rotatable bonds is 8. The van der Waals surface area contributed by atoms with E-state index in [9.17, 15) is 24.3 Å². The zero-order valence-electron chi connectivity index (χ0n) is 16.0. The van der Waals surface area contributed by atoms with Crippen molar-refractivity contribution in [3.05, 3.63) is 24.3 Å². The number of amides is 2. The Bertz CT molecular complexity index is 788. The van der Waals surface area contributed by atoms with Crippen LogP contribution in [0.15, 0.2) is 24.3 Å². The van der Waals surface area contributed by atoms with Gasteiger partial charge in [0.1, 0.15) is 6.04 Å². The maximum absolute atomic E-state index is 12.4. The number of hydrogen-bond donors (Lipinski definition) is 3. The van der Waals surface area contributed by atoms with Crippen molar-refractivity contribution in [3.8, 4) is 0 Å². The van der Waals surface area contributed by atoms with Gasteiger partial charge in [0.15, 0.2) is 0 Å². The molecule has 0 bridgehead atoms. The summed E-state index contributed by atoms with van der Waals surface area (Å²) in [5.41, 5.74) is 1.81. The molecule has 156 valence electrons. The number of benzene rings is 1. The van der Waals surface area contributed by atoms with Gasteiger partial charge in [0, 0.05) is 43.9 Å². The van der Waals surface area contributed by atoms with E-state index in [4.69, 9.17) is 5.11 Å². The highest BCUT2D eigenvalue weighted by Crippen LogP contribution is 2.28. The molecule has 3 rings (SSSR count). The molecule has 2 fully saturated rings. The molecule has 2 amide bonds. The number of carboxylic acid groups (broad SMARTS) is 2. The Morgan fingerprint density at radius 3 is 2.28 bits per heavy atom. The molecule has 1 unspecified atom stereocenters. The highest BCUT2D eigenvalue weighted by molar-refractivity contribution is 6.01. The maximum atomic E-state index is 12.4. The first kappa shape index (κ1) is 20.6.